The lowest BCUT2D eigenvalue weighted by Gasteiger charge is -2.02. The Hall–Kier alpha value is -2.14. The standard InChI is InChI=1S/C14H15BrN6O/c1-6(2)10-9(15)12(20-18-10)14(22)17-13-8(5-16)11(19-21-13)7-3-4-7/h6-7H,3-4H2,1-2H3,(H,18,20)(H2,17,19,21,22). The first-order valence-corrected chi connectivity index (χ1v) is 7.85. The highest BCUT2D eigenvalue weighted by molar-refractivity contribution is 9.10. The Labute approximate surface area is 135 Å². The van der Waals surface area contributed by atoms with Gasteiger partial charge in [-0.15, -0.1) is 0 Å². The number of nitriles is 1. The molecule has 0 aliphatic heterocycles. The number of anilines is 1. The molecule has 0 spiro atoms. The summed E-state index contributed by atoms with van der Waals surface area (Å²) in [4.78, 5) is 12.3. The number of nitrogens with one attached hydrogen (secondary N) is 3. The maximum absolute atomic E-state index is 12.3. The number of aromatic amines is 2. The van der Waals surface area contributed by atoms with Crippen LogP contribution in [0.3, 0.4) is 0 Å². The van der Waals surface area contributed by atoms with Crippen LogP contribution in [0.4, 0.5) is 5.82 Å². The van der Waals surface area contributed by atoms with Gasteiger partial charge in [-0.2, -0.15) is 15.5 Å². The Kier molecular flexibility index (Phi) is 3.74. The van der Waals surface area contributed by atoms with Gasteiger partial charge in [-0.3, -0.25) is 15.0 Å². The highest BCUT2D eigenvalue weighted by Crippen LogP contribution is 2.41. The summed E-state index contributed by atoms with van der Waals surface area (Å²) in [6, 6.07) is 2.11. The summed E-state index contributed by atoms with van der Waals surface area (Å²) < 4.78 is 0.636. The largest absolute Gasteiger partial charge is 0.303 e. The third-order valence-electron chi connectivity index (χ3n) is 3.65. The molecular formula is C14H15BrN6O. The third kappa shape index (κ3) is 2.52. The fraction of sp³-hybridized carbons (Fsp3) is 0.429. The highest BCUT2D eigenvalue weighted by Gasteiger charge is 2.30. The summed E-state index contributed by atoms with van der Waals surface area (Å²) in [7, 11) is 0. The number of carbonyl (C=O) groups excluding carboxylic acids is 1. The van der Waals surface area contributed by atoms with Gasteiger partial charge in [0.2, 0.25) is 0 Å². The van der Waals surface area contributed by atoms with Gasteiger partial charge in [-0.25, -0.2) is 0 Å². The van der Waals surface area contributed by atoms with Crippen LogP contribution in [-0.2, 0) is 0 Å². The van der Waals surface area contributed by atoms with Crippen molar-refractivity contribution in [1.82, 2.24) is 20.4 Å². The van der Waals surface area contributed by atoms with E-state index in [2.05, 4.69) is 47.7 Å². The fourth-order valence-corrected chi connectivity index (χ4v) is 3.08. The molecule has 1 aliphatic rings. The average molecular weight is 363 g/mol. The van der Waals surface area contributed by atoms with Crippen molar-refractivity contribution in [3.8, 4) is 6.07 Å². The molecule has 1 saturated carbocycles. The quantitative estimate of drug-likeness (QED) is 0.775. The molecule has 0 bridgehead atoms. The molecule has 0 aromatic carbocycles. The molecule has 2 aromatic heterocycles. The molecule has 0 unspecified atom stereocenters. The van der Waals surface area contributed by atoms with E-state index in [9.17, 15) is 10.1 Å². The first kappa shape index (κ1) is 14.8. The van der Waals surface area contributed by atoms with Gasteiger partial charge in [0, 0.05) is 5.92 Å². The second kappa shape index (κ2) is 5.57. The van der Waals surface area contributed by atoms with Crippen LogP contribution in [0.2, 0.25) is 0 Å². The van der Waals surface area contributed by atoms with Crippen molar-refractivity contribution < 1.29 is 4.79 Å². The van der Waals surface area contributed by atoms with E-state index in [0.717, 1.165) is 24.2 Å². The number of amides is 1. The number of rotatable bonds is 4. The number of hydrogen-bond donors (Lipinski definition) is 3. The van der Waals surface area contributed by atoms with E-state index in [1.54, 1.807) is 0 Å². The van der Waals surface area contributed by atoms with Crippen molar-refractivity contribution in [2.75, 3.05) is 5.32 Å². The van der Waals surface area contributed by atoms with Gasteiger partial charge in [0.15, 0.2) is 11.5 Å². The Morgan fingerprint density at radius 1 is 1.41 bits per heavy atom. The number of carbonyl (C=O) groups is 1. The monoisotopic (exact) mass is 362 g/mol. The van der Waals surface area contributed by atoms with Crippen LogP contribution in [0, 0.1) is 11.3 Å². The lowest BCUT2D eigenvalue weighted by molar-refractivity contribution is 0.102. The van der Waals surface area contributed by atoms with Gasteiger partial charge < -0.3 is 5.32 Å². The predicted molar refractivity (Wildman–Crippen MR) is 83.6 cm³/mol. The molecule has 1 fully saturated rings. The molecule has 1 aliphatic carbocycles. The Morgan fingerprint density at radius 2 is 2.14 bits per heavy atom. The summed E-state index contributed by atoms with van der Waals surface area (Å²) in [5.41, 5.74) is 2.32. The topological polar surface area (TPSA) is 110 Å². The normalized spacial score (nSPS) is 14.1. The number of hydrogen-bond acceptors (Lipinski definition) is 4. The van der Waals surface area contributed by atoms with E-state index >= 15 is 0 Å². The van der Waals surface area contributed by atoms with Crippen molar-refractivity contribution in [1.29, 1.82) is 5.26 Å². The Balaban J connectivity index is 1.85. The van der Waals surface area contributed by atoms with E-state index in [0.29, 0.717) is 16.0 Å². The molecule has 7 nitrogen and oxygen atoms in total. The van der Waals surface area contributed by atoms with E-state index < -0.39 is 5.91 Å². The van der Waals surface area contributed by atoms with Crippen LogP contribution in [0.1, 0.15) is 66.0 Å². The summed E-state index contributed by atoms with van der Waals surface area (Å²) in [6.07, 6.45) is 2.10. The third-order valence-corrected chi connectivity index (χ3v) is 4.45. The van der Waals surface area contributed by atoms with Crippen molar-refractivity contribution in [2.45, 2.75) is 38.5 Å². The van der Waals surface area contributed by atoms with Gasteiger partial charge in [0.1, 0.15) is 11.6 Å². The Morgan fingerprint density at radius 3 is 2.68 bits per heavy atom. The van der Waals surface area contributed by atoms with Crippen LogP contribution >= 0.6 is 15.9 Å². The second-order valence-electron chi connectivity index (χ2n) is 5.66. The zero-order valence-corrected chi connectivity index (χ0v) is 13.8. The molecule has 1 amide bonds. The molecule has 0 saturated heterocycles. The van der Waals surface area contributed by atoms with Gasteiger partial charge >= 0.3 is 0 Å². The smallest absolute Gasteiger partial charge is 0.278 e. The van der Waals surface area contributed by atoms with Crippen molar-refractivity contribution >= 4 is 27.7 Å². The van der Waals surface area contributed by atoms with Crippen molar-refractivity contribution in [3.63, 3.8) is 0 Å². The second-order valence-corrected chi connectivity index (χ2v) is 6.45. The van der Waals surface area contributed by atoms with Crippen molar-refractivity contribution in [2.24, 2.45) is 0 Å². The Bertz CT molecular complexity index is 765. The SMILES string of the molecule is CC(C)c1[nH]nc(C(=O)Nc2n[nH]c(C3CC3)c2C#N)c1Br. The number of H-pyrrole nitrogens is 2. The van der Waals surface area contributed by atoms with E-state index in [1.807, 2.05) is 13.8 Å². The minimum Gasteiger partial charge on any atom is -0.303 e. The van der Waals surface area contributed by atoms with Crippen LogP contribution in [-0.4, -0.2) is 26.3 Å². The summed E-state index contributed by atoms with van der Waals surface area (Å²) in [5, 5.41) is 25.7. The van der Waals surface area contributed by atoms with Crippen LogP contribution in [0.15, 0.2) is 4.47 Å². The first-order valence-electron chi connectivity index (χ1n) is 7.06. The zero-order chi connectivity index (χ0) is 15.9. The zero-order valence-electron chi connectivity index (χ0n) is 12.2. The summed E-state index contributed by atoms with van der Waals surface area (Å²) >= 11 is 3.39. The molecule has 3 rings (SSSR count). The maximum Gasteiger partial charge on any atom is 0.278 e. The molecule has 8 heteroatoms. The van der Waals surface area contributed by atoms with Gasteiger partial charge in [0.05, 0.1) is 15.9 Å². The number of halogens is 1. The number of nitrogens with zero attached hydrogens (tertiary/aromatic N) is 3. The minimum absolute atomic E-state index is 0.213. The molecule has 114 valence electrons. The fourth-order valence-electron chi connectivity index (χ4n) is 2.27. The van der Waals surface area contributed by atoms with Gasteiger partial charge in [-0.05, 0) is 34.7 Å². The molecule has 22 heavy (non-hydrogen) atoms. The average Bonchev–Trinajstić information content (AvgIpc) is 3.12. The van der Waals surface area contributed by atoms with Gasteiger partial charge in [0.25, 0.3) is 5.91 Å². The van der Waals surface area contributed by atoms with Gasteiger partial charge in [-0.1, -0.05) is 13.8 Å². The molecular weight excluding hydrogens is 348 g/mol. The molecule has 2 aromatic rings. The molecule has 0 atom stereocenters. The lowest BCUT2D eigenvalue weighted by Crippen LogP contribution is -2.14. The van der Waals surface area contributed by atoms with E-state index in [1.165, 1.54) is 0 Å². The molecule has 3 N–H and O–H groups in total. The number of aromatic nitrogens is 4. The van der Waals surface area contributed by atoms with E-state index in [4.69, 9.17) is 0 Å². The minimum atomic E-state index is -0.402. The highest BCUT2D eigenvalue weighted by atomic mass is 79.9. The molecule has 0 radical (unpaired) electrons. The lowest BCUT2D eigenvalue weighted by atomic mass is 10.1. The van der Waals surface area contributed by atoms with Crippen LogP contribution in [0.5, 0.6) is 0 Å². The maximum atomic E-state index is 12.3. The summed E-state index contributed by atoms with van der Waals surface area (Å²) in [6.45, 7) is 4.01. The molecule has 2 heterocycles. The predicted octanol–water partition coefficient (Wildman–Crippen LogP) is 3.02. The van der Waals surface area contributed by atoms with Crippen molar-refractivity contribution in [3.05, 3.63) is 27.1 Å². The van der Waals surface area contributed by atoms with E-state index in [-0.39, 0.29) is 17.4 Å². The van der Waals surface area contributed by atoms with Crippen LogP contribution in [0.25, 0.3) is 0 Å². The van der Waals surface area contributed by atoms with Crippen LogP contribution < -0.4 is 5.32 Å². The summed E-state index contributed by atoms with van der Waals surface area (Å²) in [5.74, 6) is 0.429. The first-order chi connectivity index (χ1) is 10.5.